The van der Waals surface area contributed by atoms with Gasteiger partial charge in [0.05, 0.1) is 5.56 Å². The molecule has 0 amide bonds. The van der Waals surface area contributed by atoms with Crippen molar-refractivity contribution >= 4 is 5.97 Å². The first-order valence-electron chi connectivity index (χ1n) is 5.64. The second-order valence-electron chi connectivity index (χ2n) is 3.69. The van der Waals surface area contributed by atoms with Gasteiger partial charge in [0.1, 0.15) is 6.10 Å². The van der Waals surface area contributed by atoms with E-state index in [1.54, 1.807) is 24.3 Å². The van der Waals surface area contributed by atoms with Gasteiger partial charge < -0.3 is 9.84 Å². The van der Waals surface area contributed by atoms with Gasteiger partial charge in [-0.1, -0.05) is 31.5 Å². The van der Waals surface area contributed by atoms with Gasteiger partial charge in [-0.3, -0.25) is 0 Å². The van der Waals surface area contributed by atoms with Crippen molar-refractivity contribution in [3.63, 3.8) is 0 Å². The average Bonchev–Trinajstić information content (AvgIpc) is 2.31. The summed E-state index contributed by atoms with van der Waals surface area (Å²) in [6, 6.07) is 8.91. The largest absolute Gasteiger partial charge is 0.459 e. The number of aliphatic hydroxyl groups excluding tert-OH is 1. The molecule has 1 unspecified atom stereocenters. The molecule has 0 saturated heterocycles. The monoisotopic (exact) mass is 222 g/mol. The zero-order valence-corrected chi connectivity index (χ0v) is 9.56. The van der Waals surface area contributed by atoms with Crippen molar-refractivity contribution in [2.24, 2.45) is 0 Å². The second kappa shape index (κ2) is 7.01. The Hall–Kier alpha value is -1.35. The molecule has 1 aromatic carbocycles. The van der Waals surface area contributed by atoms with Crippen LogP contribution in [0.5, 0.6) is 0 Å². The normalized spacial score (nSPS) is 12.1. The maximum Gasteiger partial charge on any atom is 0.338 e. The molecular formula is C13H18O3. The van der Waals surface area contributed by atoms with Crippen molar-refractivity contribution in [3.8, 4) is 0 Å². The molecule has 88 valence electrons. The van der Waals surface area contributed by atoms with E-state index >= 15 is 0 Å². The first-order chi connectivity index (χ1) is 7.77. The maximum atomic E-state index is 11.7. The molecule has 1 N–H and O–H groups in total. The predicted molar refractivity (Wildman–Crippen MR) is 62.3 cm³/mol. The van der Waals surface area contributed by atoms with Crippen molar-refractivity contribution in [2.75, 3.05) is 6.61 Å². The Labute approximate surface area is 96.1 Å². The molecule has 0 heterocycles. The molecule has 3 nitrogen and oxygen atoms in total. The number of carbonyl (C=O) groups is 1. The van der Waals surface area contributed by atoms with Crippen LogP contribution in [-0.2, 0) is 4.74 Å². The van der Waals surface area contributed by atoms with Crippen LogP contribution < -0.4 is 0 Å². The summed E-state index contributed by atoms with van der Waals surface area (Å²) in [7, 11) is 0. The Morgan fingerprint density at radius 3 is 2.56 bits per heavy atom. The second-order valence-corrected chi connectivity index (χ2v) is 3.69. The molecule has 0 aliphatic heterocycles. The summed E-state index contributed by atoms with van der Waals surface area (Å²) in [4.78, 5) is 11.7. The zero-order valence-electron chi connectivity index (χ0n) is 9.56. The lowest BCUT2D eigenvalue weighted by Gasteiger charge is -2.16. The molecule has 1 rings (SSSR count). The van der Waals surface area contributed by atoms with Gasteiger partial charge in [0.25, 0.3) is 0 Å². The Bertz CT molecular complexity index is 302. The topological polar surface area (TPSA) is 46.5 Å². The highest BCUT2D eigenvalue weighted by Crippen LogP contribution is 2.10. The molecule has 0 radical (unpaired) electrons. The van der Waals surface area contributed by atoms with Crippen molar-refractivity contribution in [1.82, 2.24) is 0 Å². The van der Waals surface area contributed by atoms with Crippen LogP contribution in [0.2, 0.25) is 0 Å². The summed E-state index contributed by atoms with van der Waals surface area (Å²) < 4.78 is 5.32. The molecule has 0 bridgehead atoms. The summed E-state index contributed by atoms with van der Waals surface area (Å²) in [6.45, 7) is 2.08. The fourth-order valence-electron chi connectivity index (χ4n) is 1.52. The highest BCUT2D eigenvalue weighted by Gasteiger charge is 2.14. The summed E-state index contributed by atoms with van der Waals surface area (Å²) in [5.74, 6) is -0.312. The summed E-state index contributed by atoms with van der Waals surface area (Å²) in [5, 5.41) is 8.86. The molecule has 1 aromatic rings. The van der Waals surface area contributed by atoms with E-state index in [9.17, 15) is 4.79 Å². The third-order valence-corrected chi connectivity index (χ3v) is 2.34. The number of hydrogen-bond donors (Lipinski definition) is 1. The molecule has 0 saturated carbocycles. The van der Waals surface area contributed by atoms with Crippen LogP contribution >= 0.6 is 0 Å². The molecule has 0 fully saturated rings. The lowest BCUT2D eigenvalue weighted by Crippen LogP contribution is -2.19. The van der Waals surface area contributed by atoms with Gasteiger partial charge in [0.15, 0.2) is 0 Å². The van der Waals surface area contributed by atoms with E-state index in [4.69, 9.17) is 9.84 Å². The SMILES string of the molecule is CCCC(CCO)OC(=O)c1ccccc1. The molecule has 0 aromatic heterocycles. The van der Waals surface area contributed by atoms with E-state index in [2.05, 4.69) is 0 Å². The maximum absolute atomic E-state index is 11.7. The fourth-order valence-corrected chi connectivity index (χ4v) is 1.52. The number of rotatable bonds is 6. The van der Waals surface area contributed by atoms with E-state index in [-0.39, 0.29) is 18.7 Å². The number of carbonyl (C=O) groups excluding carboxylic acids is 1. The van der Waals surface area contributed by atoms with Gasteiger partial charge in [0.2, 0.25) is 0 Å². The third-order valence-electron chi connectivity index (χ3n) is 2.34. The van der Waals surface area contributed by atoms with E-state index in [1.165, 1.54) is 0 Å². The van der Waals surface area contributed by atoms with E-state index < -0.39 is 0 Å². The van der Waals surface area contributed by atoms with Crippen molar-refractivity contribution < 1.29 is 14.6 Å². The lowest BCUT2D eigenvalue weighted by atomic mass is 10.1. The van der Waals surface area contributed by atoms with Gasteiger partial charge in [-0.05, 0) is 18.6 Å². The quantitative estimate of drug-likeness (QED) is 0.752. The predicted octanol–water partition coefficient (Wildman–Crippen LogP) is 2.39. The van der Waals surface area contributed by atoms with Gasteiger partial charge >= 0.3 is 5.97 Å². The third kappa shape index (κ3) is 4.03. The van der Waals surface area contributed by atoms with Gasteiger partial charge in [0, 0.05) is 13.0 Å². The molecule has 0 spiro atoms. The van der Waals surface area contributed by atoms with E-state index in [0.29, 0.717) is 12.0 Å². The molecule has 0 aliphatic rings. The van der Waals surface area contributed by atoms with Crippen LogP contribution in [0.1, 0.15) is 36.5 Å². The standard InChI is InChI=1S/C13H18O3/c1-2-6-12(9-10-14)16-13(15)11-7-4-3-5-8-11/h3-5,7-8,12,14H,2,6,9-10H2,1H3. The Balaban J connectivity index is 2.54. The number of benzene rings is 1. The van der Waals surface area contributed by atoms with Crippen LogP contribution in [0.15, 0.2) is 30.3 Å². The number of esters is 1. The molecule has 1 atom stereocenters. The lowest BCUT2D eigenvalue weighted by molar-refractivity contribution is 0.0219. The van der Waals surface area contributed by atoms with Crippen LogP contribution in [-0.4, -0.2) is 23.8 Å². The first kappa shape index (κ1) is 12.7. The Morgan fingerprint density at radius 1 is 1.31 bits per heavy atom. The fraction of sp³-hybridized carbons (Fsp3) is 0.462. The highest BCUT2D eigenvalue weighted by molar-refractivity contribution is 5.89. The van der Waals surface area contributed by atoms with Gasteiger partial charge in [-0.15, -0.1) is 0 Å². The summed E-state index contributed by atoms with van der Waals surface area (Å²) in [5.41, 5.74) is 0.557. The highest BCUT2D eigenvalue weighted by atomic mass is 16.5. The molecule has 16 heavy (non-hydrogen) atoms. The summed E-state index contributed by atoms with van der Waals surface area (Å²) >= 11 is 0. The minimum absolute atomic E-state index is 0.0483. The number of hydrogen-bond acceptors (Lipinski definition) is 3. The first-order valence-corrected chi connectivity index (χ1v) is 5.64. The van der Waals surface area contributed by atoms with Gasteiger partial charge in [-0.2, -0.15) is 0 Å². The summed E-state index contributed by atoms with van der Waals surface area (Å²) in [6.07, 6.45) is 2.06. The van der Waals surface area contributed by atoms with Crippen molar-refractivity contribution in [1.29, 1.82) is 0 Å². The minimum atomic E-state index is -0.312. The van der Waals surface area contributed by atoms with Crippen LogP contribution in [0.3, 0.4) is 0 Å². The van der Waals surface area contributed by atoms with Crippen molar-refractivity contribution in [3.05, 3.63) is 35.9 Å². The molecule has 3 heteroatoms. The molecule has 0 aliphatic carbocycles. The minimum Gasteiger partial charge on any atom is -0.459 e. The Kier molecular flexibility index (Phi) is 5.57. The Morgan fingerprint density at radius 2 is 2.00 bits per heavy atom. The van der Waals surface area contributed by atoms with Crippen LogP contribution in [0, 0.1) is 0 Å². The smallest absolute Gasteiger partial charge is 0.338 e. The zero-order chi connectivity index (χ0) is 11.8. The van der Waals surface area contributed by atoms with E-state index in [1.807, 2.05) is 13.0 Å². The average molecular weight is 222 g/mol. The number of aliphatic hydroxyl groups is 1. The van der Waals surface area contributed by atoms with E-state index in [0.717, 1.165) is 12.8 Å². The van der Waals surface area contributed by atoms with Crippen molar-refractivity contribution in [2.45, 2.75) is 32.3 Å². The van der Waals surface area contributed by atoms with Crippen LogP contribution in [0.25, 0.3) is 0 Å². The van der Waals surface area contributed by atoms with Crippen LogP contribution in [0.4, 0.5) is 0 Å². The van der Waals surface area contributed by atoms with Gasteiger partial charge in [-0.25, -0.2) is 4.79 Å². The molecular weight excluding hydrogens is 204 g/mol. The number of ether oxygens (including phenoxy) is 1.